The van der Waals surface area contributed by atoms with Gasteiger partial charge in [0.25, 0.3) is 162 Å². The molecule has 0 aliphatic carbocycles. The van der Waals surface area contributed by atoms with E-state index >= 15 is 0 Å². The topological polar surface area (TPSA) is 915 Å². The predicted molar refractivity (Wildman–Crippen MR) is 548 cm³/mol. The third kappa shape index (κ3) is 101. The Labute approximate surface area is 875 Å². The lowest BCUT2D eigenvalue weighted by Crippen LogP contribution is -2.42. The molecule has 0 aliphatic heterocycles. The highest BCUT2D eigenvalue weighted by molar-refractivity contribution is 7.89. The molecule has 0 amide bonds. The van der Waals surface area contributed by atoms with Crippen molar-refractivity contribution >= 4 is 162 Å². The molecule has 148 heavy (non-hydrogen) atoms. The molecule has 0 unspecified atom stereocenters. The minimum Gasteiger partial charge on any atom is -0.303 e. The van der Waals surface area contributed by atoms with Crippen LogP contribution in [0, 0.1) is 0 Å². The molecular formula is C70H156N14O48S16. The Morgan fingerprint density at radius 2 is 0.128 bits per heavy atom. The van der Waals surface area contributed by atoms with Gasteiger partial charge in [0.2, 0.25) is 0 Å². The molecule has 0 fully saturated rings. The van der Waals surface area contributed by atoms with Gasteiger partial charge in [-0.3, -0.25) is 72.8 Å². The highest BCUT2D eigenvalue weighted by Crippen LogP contribution is 2.14. The van der Waals surface area contributed by atoms with Crippen molar-refractivity contribution in [3.63, 3.8) is 0 Å². The quantitative estimate of drug-likeness (QED) is 0.0252. The molecule has 0 heterocycles. The van der Waals surface area contributed by atoms with Gasteiger partial charge in [0.1, 0.15) is 0 Å². The van der Waals surface area contributed by atoms with Crippen molar-refractivity contribution in [2.75, 3.05) is 367 Å². The van der Waals surface area contributed by atoms with E-state index in [4.69, 9.17) is 0 Å². The van der Waals surface area contributed by atoms with Gasteiger partial charge >= 0.3 is 0 Å². The molecule has 0 radical (unpaired) electrons. The molecule has 0 aromatic rings. The minimum absolute atomic E-state index is 0.0779. The van der Waals surface area contributed by atoms with E-state index in [-0.39, 0.29) is 247 Å². The van der Waals surface area contributed by atoms with E-state index in [0.29, 0.717) is 0 Å². The zero-order valence-corrected chi connectivity index (χ0v) is 95.6. The summed E-state index contributed by atoms with van der Waals surface area (Å²) < 4.78 is 539. The number of hydrogen-bond donors (Lipinski definition) is 16. The van der Waals surface area contributed by atoms with E-state index < -0.39 is 359 Å². The van der Waals surface area contributed by atoms with Gasteiger partial charge < -0.3 is 68.6 Å². The fraction of sp³-hybridized carbons (Fsp3) is 1.00. The zero-order valence-electron chi connectivity index (χ0n) is 82.5. The lowest BCUT2D eigenvalue weighted by molar-refractivity contribution is 0.158. The van der Waals surface area contributed by atoms with Crippen LogP contribution in [0.4, 0.5) is 0 Å². The van der Waals surface area contributed by atoms with Gasteiger partial charge in [-0.15, -0.1) is 0 Å². The average molecular weight is 2480 g/mol. The number of hydrogen-bond acceptors (Lipinski definition) is 46. The molecule has 78 heteroatoms. The zero-order chi connectivity index (χ0) is 114. The maximum atomic E-state index is 12.0. The molecule has 0 spiro atoms. The van der Waals surface area contributed by atoms with Gasteiger partial charge in [-0.2, -0.15) is 135 Å². The normalized spacial score (nSPS) is 14.2. The van der Waals surface area contributed by atoms with E-state index in [9.17, 15) is 208 Å². The second-order valence-corrected chi connectivity index (χ2v) is 60.8. The second-order valence-electron chi connectivity index (χ2n) is 35.6. The lowest BCUT2D eigenvalue weighted by atomic mass is 10.2. The fourth-order valence-corrected chi connectivity index (χ4v) is 22.9. The van der Waals surface area contributed by atoms with Crippen LogP contribution in [0.3, 0.4) is 0 Å². The van der Waals surface area contributed by atoms with Gasteiger partial charge in [0.15, 0.2) is 0 Å². The van der Waals surface area contributed by atoms with Crippen LogP contribution in [0.5, 0.6) is 0 Å². The Hall–Kier alpha value is -2.00. The first-order valence-corrected chi connectivity index (χ1v) is 72.4. The van der Waals surface area contributed by atoms with Crippen molar-refractivity contribution in [1.29, 1.82) is 0 Å². The van der Waals surface area contributed by atoms with Crippen molar-refractivity contribution in [3.05, 3.63) is 0 Å². The van der Waals surface area contributed by atoms with E-state index in [1.54, 1.807) is 0 Å². The maximum absolute atomic E-state index is 12.0. The van der Waals surface area contributed by atoms with Crippen LogP contribution in [-0.2, 0) is 162 Å². The summed E-state index contributed by atoms with van der Waals surface area (Å²) in [6, 6.07) is 0. The predicted octanol–water partition coefficient (Wildman–Crippen LogP) is -7.90. The summed E-state index contributed by atoms with van der Waals surface area (Å²) in [5.74, 6) is -14.2. The summed E-state index contributed by atoms with van der Waals surface area (Å²) in [4.78, 5) is 22.0. The molecule has 0 saturated heterocycles. The van der Waals surface area contributed by atoms with Crippen LogP contribution >= 0.6 is 0 Å². The van der Waals surface area contributed by atoms with E-state index in [1.807, 2.05) is 29.4 Å². The van der Waals surface area contributed by atoms with Crippen molar-refractivity contribution in [3.8, 4) is 0 Å². The smallest absolute Gasteiger partial charge is 0.266 e. The summed E-state index contributed by atoms with van der Waals surface area (Å²) in [5, 5.41) is 0. The highest BCUT2D eigenvalue weighted by atomic mass is 32.3. The molecule has 62 nitrogen and oxygen atoms in total. The molecule has 0 aromatic carbocycles. The summed E-state index contributed by atoms with van der Waals surface area (Å²) in [7, 11) is -74.7. The van der Waals surface area contributed by atoms with Crippen molar-refractivity contribution in [2.45, 2.75) is 77.0 Å². The number of rotatable bonds is 99. The first-order chi connectivity index (χ1) is 67.3. The first kappa shape index (κ1) is 146. The highest BCUT2D eigenvalue weighted by Gasteiger charge is 2.27. The lowest BCUT2D eigenvalue weighted by Gasteiger charge is -2.32. The van der Waals surface area contributed by atoms with Crippen LogP contribution in [0.2, 0.25) is 0 Å². The molecule has 890 valence electrons. The Kier molecular flexibility index (Phi) is 69.9. The molecule has 0 atom stereocenters. The van der Waals surface area contributed by atoms with Gasteiger partial charge in [-0.05, 0) is 234 Å². The van der Waals surface area contributed by atoms with Crippen LogP contribution < -0.4 is 0 Å². The third-order valence-corrected chi connectivity index (χ3v) is 33.9. The van der Waals surface area contributed by atoms with Crippen molar-refractivity contribution in [1.82, 2.24) is 68.6 Å². The molecule has 16 N–H and O–H groups in total. The SMILES string of the molecule is O=S(=O)(O)CCN(CCCN(CCCN(CCCN(CCCN(CCS(=O)(=O)O)CCS(=O)(=O)O)CCCN(CCS(=O)(=O)O)CCS(=O)(=O)O)CCN(CCCN(CCCN(CCS(=O)(=O)O)CCS(=O)(=O)O)CCCN(CCS(=O)(=O)O)CCS(=O)(=O)O)CCCN(CCCN(CCS(=O)(=O)O)CCS(=O)(=O)O)CCCN(CCS(=O)(=O)O)CCS(=O)(=O)O)CCCN(CCS(=O)(=O)O)CCS(=O)(=O)O)CCS(=O)(=O)O. The molecule has 0 saturated carbocycles. The van der Waals surface area contributed by atoms with E-state index in [0.717, 1.165) is 0 Å². The van der Waals surface area contributed by atoms with Crippen LogP contribution in [0.1, 0.15) is 77.0 Å². The standard InChI is InChI=1S/C70H156N14O48S16/c85-133(86,87)55-39-77(40-56-134(88,89)90)29-5-17-71(18-6-30-78(41-57-135(91,92)93)42-58-136(94,95)96)13-1-25-75(26-2-14-72(19-7-31-79(43-59-137(97,98)99)44-60-138(100,101)102)20-8-32-80(45-61-139(103,104)105)46-62-140(106,107)108)37-38-76(27-3-15-73(21-9-33-81(47-63-141(109,110)111)48-64-142(112,113)114)22-10-34-82(49-65-143(115,116)117)50-66-144(118,119)120)28-4-16-74(23-11-35-83(51-67-145(121,122)123)52-68-146(124,125)126)24-12-36-84(53-69-147(127,128)129)54-70-148(130,131)132/h1-70H2,(H,85,86,87)(H,88,89,90)(H,91,92,93)(H,94,95,96)(H,97,98,99)(H,100,101,102)(H,103,104,105)(H,106,107,108)(H,109,110,111)(H,112,113,114)(H,115,116,117)(H,118,119,120)(H,121,122,123)(H,124,125,126)(H,127,128,129)(H,130,131,132). The maximum Gasteiger partial charge on any atom is 0.266 e. The van der Waals surface area contributed by atoms with Gasteiger partial charge in [-0.25, -0.2) is 0 Å². The summed E-state index contributed by atoms with van der Waals surface area (Å²) in [6.07, 6.45) is 1.50. The van der Waals surface area contributed by atoms with Crippen LogP contribution in [0.15, 0.2) is 0 Å². The largest absolute Gasteiger partial charge is 0.303 e. The molecule has 0 rings (SSSR count). The summed E-state index contributed by atoms with van der Waals surface area (Å²) in [5.41, 5.74) is 0. The third-order valence-electron chi connectivity index (χ3n) is 22.8. The minimum atomic E-state index is -4.67. The molecule has 0 aliphatic rings. The molecule has 0 bridgehead atoms. The Morgan fingerprint density at radius 1 is 0.0811 bits per heavy atom. The average Bonchev–Trinajstić information content (AvgIpc) is 1.12. The Balaban J connectivity index is 9.37. The van der Waals surface area contributed by atoms with E-state index in [1.165, 1.54) is 39.2 Å². The van der Waals surface area contributed by atoms with Crippen molar-refractivity contribution < 1.29 is 208 Å². The molecule has 0 aromatic heterocycles. The first-order valence-electron chi connectivity index (χ1n) is 46.7. The fourth-order valence-electron chi connectivity index (χ4n) is 15.1. The molecular weight excluding hydrogens is 2320 g/mol. The second kappa shape index (κ2) is 70.9. The van der Waals surface area contributed by atoms with Crippen LogP contribution in [-0.4, -0.2) is 643 Å². The van der Waals surface area contributed by atoms with Gasteiger partial charge in [0.05, 0.1) is 92.0 Å². The van der Waals surface area contributed by atoms with Gasteiger partial charge in [-0.1, -0.05) is 0 Å². The van der Waals surface area contributed by atoms with Gasteiger partial charge in [0, 0.05) is 118 Å². The summed E-state index contributed by atoms with van der Waals surface area (Å²) >= 11 is 0. The Bertz CT molecular complexity index is 4480. The van der Waals surface area contributed by atoms with E-state index in [2.05, 4.69) is 0 Å². The summed E-state index contributed by atoms with van der Waals surface area (Å²) in [6.45, 7) is -5.89. The number of nitrogens with zero attached hydrogens (tertiary/aromatic N) is 14. The van der Waals surface area contributed by atoms with Crippen LogP contribution in [0.25, 0.3) is 0 Å². The monoisotopic (exact) mass is 2470 g/mol. The Morgan fingerprint density at radius 3 is 0.182 bits per heavy atom. The van der Waals surface area contributed by atoms with Crippen molar-refractivity contribution in [2.24, 2.45) is 0 Å².